The summed E-state index contributed by atoms with van der Waals surface area (Å²) in [6.45, 7) is 0.870. The Kier molecular flexibility index (Phi) is 5.94. The van der Waals surface area contributed by atoms with Crippen molar-refractivity contribution < 1.29 is 4.79 Å². The van der Waals surface area contributed by atoms with Gasteiger partial charge in [0, 0.05) is 23.5 Å². The third kappa shape index (κ3) is 4.69. The van der Waals surface area contributed by atoms with Gasteiger partial charge in [0.05, 0.1) is 0 Å². The van der Waals surface area contributed by atoms with E-state index in [1.165, 1.54) is 19.3 Å². The maximum Gasteiger partial charge on any atom is 0.220 e. The number of rotatable bonds is 5. The lowest BCUT2D eigenvalue weighted by atomic mass is 10.1. The zero-order valence-corrected chi connectivity index (χ0v) is 11.0. The maximum atomic E-state index is 11.3. The summed E-state index contributed by atoms with van der Waals surface area (Å²) in [5.74, 6) is 1.83. The summed E-state index contributed by atoms with van der Waals surface area (Å²) >= 11 is 5.33. The molecule has 0 aliphatic heterocycles. The average Bonchev–Trinajstić information content (AvgIpc) is 2.58. The molecule has 2 unspecified atom stereocenters. The number of nitrogens with one attached hydrogen (secondary N) is 1. The molecule has 1 fully saturated rings. The van der Waals surface area contributed by atoms with Crippen LogP contribution in [0.2, 0.25) is 0 Å². The summed E-state index contributed by atoms with van der Waals surface area (Å²) in [4.78, 5) is 12.0. The molecule has 0 aromatic heterocycles. The van der Waals surface area contributed by atoms with E-state index in [0.29, 0.717) is 17.2 Å². The van der Waals surface area contributed by atoms with Crippen LogP contribution in [0.5, 0.6) is 0 Å². The van der Waals surface area contributed by atoms with Crippen LogP contribution < -0.4 is 5.32 Å². The minimum Gasteiger partial charge on any atom is -0.356 e. The number of halogens is 1. The summed E-state index contributed by atoms with van der Waals surface area (Å²) in [7, 11) is 0. The molecule has 4 heteroatoms. The Morgan fingerprint density at radius 3 is 2.93 bits per heavy atom. The molecule has 0 aromatic carbocycles. The number of hydrogen-bond acceptors (Lipinski definition) is 2. The fourth-order valence-electron chi connectivity index (χ4n) is 1.74. The van der Waals surface area contributed by atoms with Crippen molar-refractivity contribution in [3.05, 3.63) is 0 Å². The van der Waals surface area contributed by atoms with E-state index in [-0.39, 0.29) is 5.91 Å². The first-order chi connectivity index (χ1) is 6.72. The van der Waals surface area contributed by atoms with Gasteiger partial charge in [0.2, 0.25) is 5.91 Å². The van der Waals surface area contributed by atoms with Gasteiger partial charge in [0.1, 0.15) is 0 Å². The molecular weight excluding hydrogens is 262 g/mol. The molecule has 0 spiro atoms. The Morgan fingerprint density at radius 1 is 1.57 bits per heavy atom. The fraction of sp³-hybridized carbons (Fsp3) is 0.900. The molecule has 1 aliphatic rings. The third-order valence-corrected chi connectivity index (χ3v) is 4.04. The second-order valence-electron chi connectivity index (χ2n) is 3.82. The molecule has 0 heterocycles. The van der Waals surface area contributed by atoms with E-state index in [1.807, 2.05) is 6.26 Å². The van der Waals surface area contributed by atoms with Gasteiger partial charge in [-0.1, -0.05) is 15.9 Å². The van der Waals surface area contributed by atoms with Crippen molar-refractivity contribution in [2.75, 3.05) is 18.6 Å². The first-order valence-electron chi connectivity index (χ1n) is 5.12. The van der Waals surface area contributed by atoms with Crippen LogP contribution >= 0.6 is 27.7 Å². The SMILES string of the molecule is CSCCC(=O)NCC1CCC(Br)C1. The van der Waals surface area contributed by atoms with Crippen LogP contribution in [0.1, 0.15) is 25.7 Å². The second kappa shape index (κ2) is 6.72. The Hall–Kier alpha value is 0.300. The minimum atomic E-state index is 0.206. The standard InChI is InChI=1S/C10H18BrNOS/c1-14-5-4-10(13)12-7-8-2-3-9(11)6-8/h8-9H,2-7H2,1H3,(H,12,13). The Balaban J connectivity index is 2.05. The van der Waals surface area contributed by atoms with Crippen molar-refractivity contribution in [3.63, 3.8) is 0 Å². The van der Waals surface area contributed by atoms with Crippen molar-refractivity contribution in [2.24, 2.45) is 5.92 Å². The van der Waals surface area contributed by atoms with Crippen molar-refractivity contribution in [1.82, 2.24) is 5.32 Å². The average molecular weight is 280 g/mol. The van der Waals surface area contributed by atoms with Gasteiger partial charge in [-0.15, -0.1) is 0 Å². The molecule has 1 amide bonds. The molecule has 0 bridgehead atoms. The second-order valence-corrected chi connectivity index (χ2v) is 6.10. The van der Waals surface area contributed by atoms with E-state index in [4.69, 9.17) is 0 Å². The van der Waals surface area contributed by atoms with E-state index in [9.17, 15) is 4.79 Å². The van der Waals surface area contributed by atoms with Crippen molar-refractivity contribution in [3.8, 4) is 0 Å². The van der Waals surface area contributed by atoms with E-state index >= 15 is 0 Å². The third-order valence-electron chi connectivity index (χ3n) is 2.60. The van der Waals surface area contributed by atoms with E-state index < -0.39 is 0 Å². The monoisotopic (exact) mass is 279 g/mol. The molecule has 0 radical (unpaired) electrons. The van der Waals surface area contributed by atoms with Crippen LogP contribution in [0.15, 0.2) is 0 Å². The summed E-state index contributed by atoms with van der Waals surface area (Å²) in [5.41, 5.74) is 0. The molecule has 1 N–H and O–H groups in total. The fourth-order valence-corrected chi connectivity index (χ4v) is 2.92. The molecule has 2 nitrogen and oxygen atoms in total. The lowest BCUT2D eigenvalue weighted by Crippen LogP contribution is -2.28. The highest BCUT2D eigenvalue weighted by Crippen LogP contribution is 2.29. The van der Waals surface area contributed by atoms with Gasteiger partial charge in [-0.2, -0.15) is 11.8 Å². The summed E-state index contributed by atoms with van der Waals surface area (Å²) in [5, 5.41) is 3.01. The molecule has 1 aliphatic carbocycles. The van der Waals surface area contributed by atoms with Gasteiger partial charge < -0.3 is 5.32 Å². The quantitative estimate of drug-likeness (QED) is 0.784. The summed E-state index contributed by atoms with van der Waals surface area (Å²) in [6.07, 6.45) is 6.40. The van der Waals surface area contributed by atoms with Gasteiger partial charge in [0.15, 0.2) is 0 Å². The Morgan fingerprint density at radius 2 is 2.36 bits per heavy atom. The van der Waals surface area contributed by atoms with Gasteiger partial charge in [0.25, 0.3) is 0 Å². The van der Waals surface area contributed by atoms with Crippen LogP contribution in [-0.4, -0.2) is 29.3 Å². The van der Waals surface area contributed by atoms with Crippen LogP contribution in [0.3, 0.4) is 0 Å². The van der Waals surface area contributed by atoms with Crippen LogP contribution in [0.25, 0.3) is 0 Å². The highest BCUT2D eigenvalue weighted by atomic mass is 79.9. The minimum absolute atomic E-state index is 0.206. The Bertz CT molecular complexity index is 189. The van der Waals surface area contributed by atoms with Crippen molar-refractivity contribution >= 4 is 33.6 Å². The molecule has 82 valence electrons. The van der Waals surface area contributed by atoms with Crippen molar-refractivity contribution in [2.45, 2.75) is 30.5 Å². The number of carbonyl (C=O) groups is 1. The van der Waals surface area contributed by atoms with E-state index in [2.05, 4.69) is 21.2 Å². The van der Waals surface area contributed by atoms with Gasteiger partial charge >= 0.3 is 0 Å². The topological polar surface area (TPSA) is 29.1 Å². The number of hydrogen-bond donors (Lipinski definition) is 1. The molecule has 1 saturated carbocycles. The molecule has 1 rings (SSSR count). The first kappa shape index (κ1) is 12.4. The lowest BCUT2D eigenvalue weighted by Gasteiger charge is -2.10. The van der Waals surface area contributed by atoms with Crippen LogP contribution in [-0.2, 0) is 4.79 Å². The number of thioether (sulfide) groups is 1. The maximum absolute atomic E-state index is 11.3. The largest absolute Gasteiger partial charge is 0.356 e. The predicted octanol–water partition coefficient (Wildman–Crippen LogP) is 2.42. The van der Waals surface area contributed by atoms with E-state index in [0.717, 1.165) is 12.3 Å². The lowest BCUT2D eigenvalue weighted by molar-refractivity contribution is -0.120. The van der Waals surface area contributed by atoms with Gasteiger partial charge in [-0.3, -0.25) is 4.79 Å². The highest BCUT2D eigenvalue weighted by Gasteiger charge is 2.22. The Labute approximate surface area is 98.7 Å². The predicted molar refractivity (Wildman–Crippen MR) is 66.1 cm³/mol. The molecule has 14 heavy (non-hydrogen) atoms. The van der Waals surface area contributed by atoms with E-state index in [1.54, 1.807) is 11.8 Å². The van der Waals surface area contributed by atoms with Crippen molar-refractivity contribution in [1.29, 1.82) is 0 Å². The van der Waals surface area contributed by atoms with Gasteiger partial charge in [-0.05, 0) is 31.4 Å². The number of amides is 1. The zero-order chi connectivity index (χ0) is 10.4. The number of alkyl halides is 1. The number of carbonyl (C=O) groups excluding carboxylic acids is 1. The normalized spacial score (nSPS) is 26.4. The molecular formula is C10H18BrNOS. The summed E-state index contributed by atoms with van der Waals surface area (Å²) in [6, 6.07) is 0. The smallest absolute Gasteiger partial charge is 0.220 e. The zero-order valence-electron chi connectivity index (χ0n) is 8.59. The summed E-state index contributed by atoms with van der Waals surface area (Å²) < 4.78 is 0. The van der Waals surface area contributed by atoms with Crippen LogP contribution in [0.4, 0.5) is 0 Å². The van der Waals surface area contributed by atoms with Crippen LogP contribution in [0, 0.1) is 5.92 Å². The van der Waals surface area contributed by atoms with Gasteiger partial charge in [-0.25, -0.2) is 0 Å². The first-order valence-corrected chi connectivity index (χ1v) is 7.43. The molecule has 2 atom stereocenters. The molecule has 0 saturated heterocycles. The highest BCUT2D eigenvalue weighted by molar-refractivity contribution is 9.09. The molecule has 0 aromatic rings.